The van der Waals surface area contributed by atoms with E-state index in [4.69, 9.17) is 24.2 Å². The van der Waals surface area contributed by atoms with Gasteiger partial charge in [-0.25, -0.2) is 0 Å². The number of aliphatic hydroxyl groups is 1. The number of aromatic nitrogens is 1. The third kappa shape index (κ3) is 5.62. The molecule has 44 heavy (non-hydrogen) atoms. The fourth-order valence-electron chi connectivity index (χ4n) is 4.74. The first kappa shape index (κ1) is 31.8. The molecule has 0 aliphatic carbocycles. The summed E-state index contributed by atoms with van der Waals surface area (Å²) in [4.78, 5) is 39.9. The number of amides is 1. The predicted octanol–water partition coefficient (Wildman–Crippen LogP) is 3.41. The van der Waals surface area contributed by atoms with E-state index in [1.807, 2.05) is 0 Å². The molecule has 4 rings (SSSR count). The van der Waals surface area contributed by atoms with Crippen molar-refractivity contribution in [1.82, 2.24) is 4.57 Å². The number of hydrogen-bond donors (Lipinski definition) is 7. The highest BCUT2D eigenvalue weighted by molar-refractivity contribution is 6.31. The molecule has 226 valence electrons. The molecular weight excluding hydrogens is 595 g/mol. The lowest BCUT2D eigenvalue weighted by atomic mass is 9.68. The number of benzene rings is 3. The van der Waals surface area contributed by atoms with Crippen molar-refractivity contribution >= 4 is 36.8 Å². The zero-order valence-corrected chi connectivity index (χ0v) is 24.2. The van der Waals surface area contributed by atoms with Crippen molar-refractivity contribution in [3.05, 3.63) is 86.8 Å². The van der Waals surface area contributed by atoms with Crippen LogP contribution < -0.4 is 15.6 Å². The number of carbonyl (C=O) groups excluding carboxylic acids is 2. The second-order valence-corrected chi connectivity index (χ2v) is 10.4. The molecule has 0 fully saturated rings. The lowest BCUT2D eigenvalue weighted by molar-refractivity contribution is -0.124. The molecule has 0 aliphatic heterocycles. The van der Waals surface area contributed by atoms with Crippen LogP contribution in [0.3, 0.4) is 0 Å². The summed E-state index contributed by atoms with van der Waals surface area (Å²) in [7, 11) is 7.42. The highest BCUT2D eigenvalue weighted by atomic mass is 35.5. The van der Waals surface area contributed by atoms with Gasteiger partial charge in [-0.15, -0.1) is 0 Å². The lowest BCUT2D eigenvalue weighted by Gasteiger charge is -2.35. The number of nitrogens with zero attached hydrogens (tertiary/aromatic N) is 1. The van der Waals surface area contributed by atoms with E-state index in [1.54, 1.807) is 19.1 Å². The number of carbonyl (C=O) groups is 2. The molecule has 2 atom stereocenters. The molecule has 4 aromatic rings. The van der Waals surface area contributed by atoms with Crippen molar-refractivity contribution in [3.8, 4) is 45.6 Å². The average Bonchev–Trinajstić information content (AvgIpc) is 2.96. The summed E-state index contributed by atoms with van der Waals surface area (Å²) in [5, 5.41) is 65.6. The van der Waals surface area contributed by atoms with E-state index in [2.05, 4.69) is 5.32 Å². The number of nitrogens with one attached hydrogen (secondary N) is 1. The molecule has 14 heteroatoms. The van der Waals surface area contributed by atoms with Crippen molar-refractivity contribution in [3.63, 3.8) is 0 Å². The summed E-state index contributed by atoms with van der Waals surface area (Å²) in [5.41, 5.74) is -3.91. The van der Waals surface area contributed by atoms with Gasteiger partial charge in [-0.1, -0.05) is 29.3 Å². The van der Waals surface area contributed by atoms with Gasteiger partial charge in [0.15, 0.2) is 17.3 Å². The number of halogens is 1. The number of aryl methyl sites for hydroxylation is 1. The SMILES string of the molecule is [B]C(O)(c1c(O)c(O)c(O)c(O)c1O)C(C(=O)Nc1ccc(C)cc1)n1cc(OC)c(-c2cc(Cl)ccc2C(C)=O)cc1=O. The smallest absolute Gasteiger partial charge is 0.252 e. The van der Waals surface area contributed by atoms with Crippen molar-refractivity contribution in [2.75, 3.05) is 12.4 Å². The van der Waals surface area contributed by atoms with Crippen LogP contribution >= 0.6 is 11.6 Å². The number of methoxy groups -OCH3 is 1. The van der Waals surface area contributed by atoms with Crippen LogP contribution in [0.25, 0.3) is 11.1 Å². The Morgan fingerprint density at radius 1 is 0.932 bits per heavy atom. The topological polar surface area (TPSA) is 199 Å². The number of rotatable bonds is 8. The third-order valence-electron chi connectivity index (χ3n) is 6.95. The number of phenols is 5. The van der Waals surface area contributed by atoms with Crippen LogP contribution in [0.2, 0.25) is 5.02 Å². The summed E-state index contributed by atoms with van der Waals surface area (Å²) in [6.45, 7) is 3.11. The van der Waals surface area contributed by atoms with Crippen LogP contribution in [0.5, 0.6) is 34.5 Å². The van der Waals surface area contributed by atoms with Gasteiger partial charge in [0.05, 0.1) is 24.4 Å². The Labute approximate surface area is 256 Å². The number of ketones is 1. The second kappa shape index (κ2) is 11.9. The molecule has 7 N–H and O–H groups in total. The van der Waals surface area contributed by atoms with Crippen molar-refractivity contribution < 1.29 is 45.0 Å². The maximum atomic E-state index is 13.8. The summed E-state index contributed by atoms with van der Waals surface area (Å²) in [6, 6.07) is 9.45. The minimum atomic E-state index is -3.28. The number of anilines is 1. The largest absolute Gasteiger partial charge is 0.504 e. The Morgan fingerprint density at radius 3 is 2.05 bits per heavy atom. The molecule has 1 amide bonds. The van der Waals surface area contributed by atoms with Gasteiger partial charge < -0.3 is 40.7 Å². The molecule has 2 radical (unpaired) electrons. The van der Waals surface area contributed by atoms with Gasteiger partial charge in [-0.3, -0.25) is 19.0 Å². The summed E-state index contributed by atoms with van der Waals surface area (Å²) in [5.74, 6) is -8.49. The molecule has 0 saturated carbocycles. The first-order valence-electron chi connectivity index (χ1n) is 12.8. The van der Waals surface area contributed by atoms with E-state index in [0.717, 1.165) is 17.8 Å². The van der Waals surface area contributed by atoms with Gasteiger partial charge in [0, 0.05) is 27.9 Å². The summed E-state index contributed by atoms with van der Waals surface area (Å²) >= 11 is 6.17. The Morgan fingerprint density at radius 2 is 1.50 bits per heavy atom. The molecule has 12 nitrogen and oxygen atoms in total. The summed E-state index contributed by atoms with van der Waals surface area (Å²) < 4.78 is 6.10. The molecule has 0 spiro atoms. The van der Waals surface area contributed by atoms with Gasteiger partial charge in [0.2, 0.25) is 23.2 Å². The van der Waals surface area contributed by atoms with Gasteiger partial charge >= 0.3 is 0 Å². The van der Waals surface area contributed by atoms with Crippen LogP contribution in [-0.4, -0.2) is 61.9 Å². The molecule has 0 saturated heterocycles. The molecule has 0 aliphatic rings. The van der Waals surface area contributed by atoms with E-state index in [-0.39, 0.29) is 38.9 Å². The fourth-order valence-corrected chi connectivity index (χ4v) is 4.91. The monoisotopic (exact) mass is 620 g/mol. The fraction of sp³-hybridized carbons (Fsp3) is 0.167. The van der Waals surface area contributed by atoms with Gasteiger partial charge in [0.1, 0.15) is 19.6 Å². The van der Waals surface area contributed by atoms with Gasteiger partial charge in [-0.05, 0) is 49.7 Å². The molecule has 0 bridgehead atoms. The van der Waals surface area contributed by atoms with Crippen molar-refractivity contribution in [1.29, 1.82) is 0 Å². The number of Topliss-reactive ketones (excluding diaryl/α,β-unsaturated/α-hetero) is 1. The van der Waals surface area contributed by atoms with Gasteiger partial charge in [-0.2, -0.15) is 0 Å². The maximum absolute atomic E-state index is 13.8. The molecule has 1 aromatic heterocycles. The second-order valence-electron chi connectivity index (χ2n) is 9.95. The Balaban J connectivity index is 2.01. The zero-order valence-electron chi connectivity index (χ0n) is 23.5. The van der Waals surface area contributed by atoms with E-state index >= 15 is 0 Å². The maximum Gasteiger partial charge on any atom is 0.252 e. The third-order valence-corrected chi connectivity index (χ3v) is 7.18. The standard InChI is InChI=1S/C30H26BClN2O10/c1-13-4-7-16(8-5-13)33-29(42)28(30(31,43)22-23(37)25(39)27(41)26(40)24(22)38)34-12-20(44-3)19(11-21(34)36)18-10-15(32)6-9-17(18)14(2)35/h4-12,28,37-41,43H,1-3H3,(H,33,42). The van der Waals surface area contributed by atoms with Crippen LogP contribution in [0.4, 0.5) is 5.69 Å². The number of hydrogen-bond acceptors (Lipinski definition) is 10. The number of aromatic hydroxyl groups is 5. The normalized spacial score (nSPS) is 13.1. The van der Waals surface area contributed by atoms with Crippen LogP contribution in [0.1, 0.15) is 34.5 Å². The molecular formula is C30H26BClN2O10. The quantitative estimate of drug-likeness (QED) is 0.0663. The highest BCUT2D eigenvalue weighted by Crippen LogP contribution is 2.55. The zero-order chi connectivity index (χ0) is 32.7. The number of phenolic OH excluding ortho intramolecular Hbond substituents is 5. The van der Waals surface area contributed by atoms with Gasteiger partial charge in [0.25, 0.3) is 5.56 Å². The van der Waals surface area contributed by atoms with E-state index < -0.39 is 57.3 Å². The Bertz CT molecular complexity index is 1830. The van der Waals surface area contributed by atoms with Crippen LogP contribution in [-0.2, 0) is 10.3 Å². The first-order chi connectivity index (χ1) is 20.6. The highest BCUT2D eigenvalue weighted by Gasteiger charge is 2.46. The van der Waals surface area contributed by atoms with Crippen molar-refractivity contribution in [2.45, 2.75) is 25.4 Å². The first-order valence-corrected chi connectivity index (χ1v) is 13.2. The van der Waals surface area contributed by atoms with E-state index in [9.17, 15) is 45.0 Å². The lowest BCUT2D eigenvalue weighted by Crippen LogP contribution is -2.47. The predicted molar refractivity (Wildman–Crippen MR) is 161 cm³/mol. The number of ether oxygens (including phenoxy) is 1. The molecule has 3 aromatic carbocycles. The Kier molecular flexibility index (Phi) is 8.57. The minimum Gasteiger partial charge on any atom is -0.504 e. The average molecular weight is 621 g/mol. The van der Waals surface area contributed by atoms with E-state index in [1.165, 1.54) is 44.4 Å². The van der Waals surface area contributed by atoms with Crippen molar-refractivity contribution in [2.24, 2.45) is 0 Å². The summed E-state index contributed by atoms with van der Waals surface area (Å²) in [6.07, 6.45) is 0.994. The Hall–Kier alpha value is -5.14. The van der Waals surface area contributed by atoms with E-state index in [0.29, 0.717) is 4.57 Å². The molecule has 2 unspecified atom stereocenters. The minimum absolute atomic E-state index is 0.0883. The van der Waals surface area contributed by atoms with Crippen LogP contribution in [0, 0.1) is 6.92 Å². The number of pyridine rings is 1. The van der Waals surface area contributed by atoms with Crippen LogP contribution in [0.15, 0.2) is 59.5 Å². The molecule has 1 heterocycles.